The highest BCUT2D eigenvalue weighted by Crippen LogP contribution is 2.31. The summed E-state index contributed by atoms with van der Waals surface area (Å²) in [5.74, 6) is -0.497. The van der Waals surface area contributed by atoms with Crippen LogP contribution in [0.3, 0.4) is 0 Å². The van der Waals surface area contributed by atoms with Crippen molar-refractivity contribution >= 4 is 18.3 Å². The number of hydrogen-bond acceptors (Lipinski definition) is 2. The Bertz CT molecular complexity index is 897. The standard InChI is InChI=1S/C21H18N2O/c1-14-12-18(13-19(21(22)24)20(14)23-2)17-10-8-16(9-11-17)15-6-4-3-5-7-15/h3-13H,2H2,1H3,(H2,22,24). The number of nitrogens with two attached hydrogens (primary N) is 1. The lowest BCUT2D eigenvalue weighted by atomic mass is 9.96. The lowest BCUT2D eigenvalue weighted by molar-refractivity contribution is 0.100. The molecule has 0 unspecified atom stereocenters. The van der Waals surface area contributed by atoms with Crippen LogP contribution in [0.25, 0.3) is 22.3 Å². The minimum absolute atomic E-state index is 0.395. The molecule has 3 nitrogen and oxygen atoms in total. The zero-order chi connectivity index (χ0) is 17.1. The second-order valence-corrected chi connectivity index (χ2v) is 5.66. The Morgan fingerprint density at radius 1 is 0.875 bits per heavy atom. The lowest BCUT2D eigenvalue weighted by Gasteiger charge is -2.10. The summed E-state index contributed by atoms with van der Waals surface area (Å²) in [6.07, 6.45) is 0. The fourth-order valence-corrected chi connectivity index (χ4v) is 2.83. The van der Waals surface area contributed by atoms with Crippen molar-refractivity contribution in [2.24, 2.45) is 10.7 Å². The van der Waals surface area contributed by atoms with Gasteiger partial charge in [0, 0.05) is 0 Å². The van der Waals surface area contributed by atoms with E-state index >= 15 is 0 Å². The smallest absolute Gasteiger partial charge is 0.250 e. The number of hydrogen-bond donors (Lipinski definition) is 1. The number of aryl methyl sites for hydroxylation is 1. The largest absolute Gasteiger partial charge is 0.366 e. The van der Waals surface area contributed by atoms with Gasteiger partial charge in [0.05, 0.1) is 11.3 Å². The summed E-state index contributed by atoms with van der Waals surface area (Å²) in [6.45, 7) is 5.43. The van der Waals surface area contributed by atoms with Gasteiger partial charge in [0.15, 0.2) is 0 Å². The summed E-state index contributed by atoms with van der Waals surface area (Å²) in [5.41, 5.74) is 11.6. The summed E-state index contributed by atoms with van der Waals surface area (Å²) in [6, 6.07) is 22.2. The van der Waals surface area contributed by atoms with Gasteiger partial charge in [-0.3, -0.25) is 9.79 Å². The first-order valence-electron chi connectivity index (χ1n) is 7.67. The third-order valence-corrected chi connectivity index (χ3v) is 4.05. The third kappa shape index (κ3) is 2.97. The van der Waals surface area contributed by atoms with E-state index in [-0.39, 0.29) is 0 Å². The van der Waals surface area contributed by atoms with Gasteiger partial charge >= 0.3 is 0 Å². The van der Waals surface area contributed by atoms with E-state index in [1.54, 1.807) is 6.07 Å². The topological polar surface area (TPSA) is 55.4 Å². The number of nitrogens with zero attached hydrogens (tertiary/aromatic N) is 1. The molecule has 3 rings (SSSR count). The Kier molecular flexibility index (Phi) is 4.25. The van der Waals surface area contributed by atoms with Crippen LogP contribution in [0.15, 0.2) is 71.7 Å². The SMILES string of the molecule is C=Nc1c(C)cc(-c2ccc(-c3ccccc3)cc2)cc1C(N)=O. The van der Waals surface area contributed by atoms with Crippen molar-refractivity contribution < 1.29 is 4.79 Å². The molecule has 3 aromatic carbocycles. The molecule has 0 aliphatic rings. The zero-order valence-corrected chi connectivity index (χ0v) is 13.5. The summed E-state index contributed by atoms with van der Waals surface area (Å²) in [5, 5.41) is 0. The van der Waals surface area contributed by atoms with Crippen LogP contribution >= 0.6 is 0 Å². The molecule has 0 heterocycles. The molecule has 0 aromatic heterocycles. The number of rotatable bonds is 4. The van der Waals surface area contributed by atoms with Crippen molar-refractivity contribution in [3.8, 4) is 22.3 Å². The maximum Gasteiger partial charge on any atom is 0.250 e. The van der Waals surface area contributed by atoms with Crippen LogP contribution in [-0.2, 0) is 0 Å². The van der Waals surface area contributed by atoms with Crippen molar-refractivity contribution in [1.82, 2.24) is 0 Å². The van der Waals surface area contributed by atoms with E-state index in [4.69, 9.17) is 5.73 Å². The van der Waals surface area contributed by atoms with Gasteiger partial charge in [-0.1, -0.05) is 54.6 Å². The van der Waals surface area contributed by atoms with Gasteiger partial charge in [-0.2, -0.15) is 0 Å². The summed E-state index contributed by atoms with van der Waals surface area (Å²) in [4.78, 5) is 15.6. The number of primary amides is 1. The molecule has 0 fully saturated rings. The molecule has 0 radical (unpaired) electrons. The molecule has 0 saturated heterocycles. The van der Waals surface area contributed by atoms with Crippen molar-refractivity contribution in [2.45, 2.75) is 6.92 Å². The van der Waals surface area contributed by atoms with Gasteiger partial charge in [-0.25, -0.2) is 0 Å². The van der Waals surface area contributed by atoms with E-state index in [1.165, 1.54) is 5.56 Å². The van der Waals surface area contributed by atoms with E-state index in [0.29, 0.717) is 11.3 Å². The van der Waals surface area contributed by atoms with Crippen LogP contribution in [0.5, 0.6) is 0 Å². The third-order valence-electron chi connectivity index (χ3n) is 4.05. The zero-order valence-electron chi connectivity index (χ0n) is 13.5. The lowest BCUT2D eigenvalue weighted by Crippen LogP contribution is -2.11. The minimum Gasteiger partial charge on any atom is -0.366 e. The molecular weight excluding hydrogens is 296 g/mol. The Morgan fingerprint density at radius 2 is 1.42 bits per heavy atom. The minimum atomic E-state index is -0.497. The monoisotopic (exact) mass is 314 g/mol. The van der Waals surface area contributed by atoms with Crippen LogP contribution in [0.4, 0.5) is 5.69 Å². The maximum atomic E-state index is 11.7. The maximum absolute atomic E-state index is 11.7. The van der Waals surface area contributed by atoms with Gasteiger partial charge in [-0.15, -0.1) is 0 Å². The van der Waals surface area contributed by atoms with Crippen molar-refractivity contribution in [2.75, 3.05) is 0 Å². The second-order valence-electron chi connectivity index (χ2n) is 5.66. The Balaban J connectivity index is 2.03. The van der Waals surface area contributed by atoms with Crippen molar-refractivity contribution in [1.29, 1.82) is 0 Å². The van der Waals surface area contributed by atoms with Gasteiger partial charge in [-0.05, 0) is 53.6 Å². The highest BCUT2D eigenvalue weighted by Gasteiger charge is 2.12. The molecule has 0 saturated carbocycles. The number of carbonyl (C=O) groups excluding carboxylic acids is 1. The quantitative estimate of drug-likeness (QED) is 0.693. The molecule has 118 valence electrons. The summed E-state index contributed by atoms with van der Waals surface area (Å²) >= 11 is 0. The van der Waals surface area contributed by atoms with Gasteiger partial charge in [0.1, 0.15) is 0 Å². The fourth-order valence-electron chi connectivity index (χ4n) is 2.83. The second kappa shape index (κ2) is 6.50. The Morgan fingerprint density at radius 3 is 1.96 bits per heavy atom. The molecule has 0 bridgehead atoms. The van der Waals surface area contributed by atoms with Crippen molar-refractivity contribution in [3.05, 3.63) is 77.9 Å². The number of benzene rings is 3. The van der Waals surface area contributed by atoms with Crippen LogP contribution in [0.1, 0.15) is 15.9 Å². The fraction of sp³-hybridized carbons (Fsp3) is 0.0476. The molecule has 3 heteroatoms. The molecule has 0 spiro atoms. The van der Waals surface area contributed by atoms with E-state index < -0.39 is 5.91 Å². The summed E-state index contributed by atoms with van der Waals surface area (Å²) in [7, 11) is 0. The van der Waals surface area contributed by atoms with Crippen molar-refractivity contribution in [3.63, 3.8) is 0 Å². The first kappa shape index (κ1) is 15.7. The summed E-state index contributed by atoms with van der Waals surface area (Å²) < 4.78 is 0. The molecule has 0 atom stereocenters. The normalized spacial score (nSPS) is 10.4. The Hall–Kier alpha value is -3.20. The first-order chi connectivity index (χ1) is 11.6. The molecular formula is C21H18N2O. The molecule has 0 aliphatic heterocycles. The van der Waals surface area contributed by atoms with E-state index in [1.807, 2.05) is 43.3 Å². The van der Waals surface area contributed by atoms with E-state index in [2.05, 4.69) is 36.0 Å². The molecule has 24 heavy (non-hydrogen) atoms. The predicted molar refractivity (Wildman–Crippen MR) is 99.8 cm³/mol. The average molecular weight is 314 g/mol. The average Bonchev–Trinajstić information content (AvgIpc) is 2.62. The predicted octanol–water partition coefficient (Wildman–Crippen LogP) is 4.76. The van der Waals surface area contributed by atoms with Gasteiger partial charge in [0.2, 0.25) is 0 Å². The van der Waals surface area contributed by atoms with E-state index in [9.17, 15) is 4.79 Å². The molecule has 1 amide bonds. The number of amides is 1. The first-order valence-corrected chi connectivity index (χ1v) is 7.67. The number of carbonyl (C=O) groups is 1. The van der Waals surface area contributed by atoms with Crippen LogP contribution < -0.4 is 5.73 Å². The highest BCUT2D eigenvalue weighted by molar-refractivity contribution is 6.00. The number of aliphatic imine (C=N–C) groups is 1. The highest BCUT2D eigenvalue weighted by atomic mass is 16.1. The van der Waals surface area contributed by atoms with Gasteiger partial charge in [0.25, 0.3) is 5.91 Å². The molecule has 0 aliphatic carbocycles. The van der Waals surface area contributed by atoms with Crippen LogP contribution in [-0.4, -0.2) is 12.6 Å². The Labute approximate surface area is 141 Å². The molecule has 3 aromatic rings. The van der Waals surface area contributed by atoms with Gasteiger partial charge < -0.3 is 5.73 Å². The molecule has 2 N–H and O–H groups in total. The van der Waals surface area contributed by atoms with E-state index in [0.717, 1.165) is 22.3 Å². The van der Waals surface area contributed by atoms with Crippen LogP contribution in [0.2, 0.25) is 0 Å². The van der Waals surface area contributed by atoms with Crippen LogP contribution in [0, 0.1) is 6.92 Å².